The monoisotopic (exact) mass is 440 g/mol. The van der Waals surface area contributed by atoms with Crippen LogP contribution in [0, 0.1) is 11.3 Å². The number of nitriles is 1. The molecule has 1 atom stereocenters. The molecule has 3 rings (SSSR count). The molecule has 0 fully saturated rings. The molecule has 166 valence electrons. The molecular formula is C25H24N6O2. The van der Waals surface area contributed by atoms with Gasteiger partial charge in [0.05, 0.1) is 23.5 Å². The molecular weight excluding hydrogens is 416 g/mol. The first-order valence-electron chi connectivity index (χ1n) is 10.2. The lowest BCUT2D eigenvalue weighted by Gasteiger charge is -2.22. The van der Waals surface area contributed by atoms with E-state index in [1.807, 2.05) is 12.1 Å². The number of amides is 2. The fourth-order valence-corrected chi connectivity index (χ4v) is 3.39. The summed E-state index contributed by atoms with van der Waals surface area (Å²) in [5, 5.41) is 15.6. The second kappa shape index (κ2) is 10.7. The lowest BCUT2D eigenvalue weighted by Crippen LogP contribution is -2.47. The fraction of sp³-hybridized carbons (Fsp3) is 0.160. The van der Waals surface area contributed by atoms with Gasteiger partial charge in [0.1, 0.15) is 6.04 Å². The summed E-state index contributed by atoms with van der Waals surface area (Å²) in [5.41, 5.74) is 3.96. The van der Waals surface area contributed by atoms with Gasteiger partial charge in [-0.2, -0.15) is 10.4 Å². The van der Waals surface area contributed by atoms with Gasteiger partial charge in [0.15, 0.2) is 0 Å². The van der Waals surface area contributed by atoms with E-state index >= 15 is 0 Å². The number of likely N-dealkylation sites (N-methyl/N-ethyl adjacent to an activating group) is 1. The topological polar surface area (TPSA) is 124 Å². The average Bonchev–Trinajstić information content (AvgIpc) is 2.83. The third kappa shape index (κ3) is 5.80. The molecule has 0 saturated carbocycles. The maximum Gasteiger partial charge on any atom is 0.251 e. The summed E-state index contributed by atoms with van der Waals surface area (Å²) in [6.45, 7) is 0. The summed E-state index contributed by atoms with van der Waals surface area (Å²) < 4.78 is 0. The Morgan fingerprint density at radius 2 is 1.91 bits per heavy atom. The van der Waals surface area contributed by atoms with Crippen molar-refractivity contribution in [2.45, 2.75) is 12.5 Å². The molecule has 0 spiro atoms. The van der Waals surface area contributed by atoms with Gasteiger partial charge in [-0.25, -0.2) is 0 Å². The number of nitrogens with one attached hydrogen (secondary N) is 1. The van der Waals surface area contributed by atoms with Crippen molar-refractivity contribution in [1.29, 1.82) is 5.26 Å². The number of nitrogens with zero attached hydrogens (tertiary/aromatic N) is 4. The largest absolute Gasteiger partial charge is 0.347 e. The number of carbonyl (C=O) groups excluding carboxylic acids is 2. The number of pyridine rings is 1. The minimum Gasteiger partial charge on any atom is -0.347 e. The summed E-state index contributed by atoms with van der Waals surface area (Å²) in [6.07, 6.45) is 3.30. The number of benzene rings is 2. The van der Waals surface area contributed by atoms with Crippen molar-refractivity contribution in [2.24, 2.45) is 10.9 Å². The highest BCUT2D eigenvalue weighted by Crippen LogP contribution is 2.23. The van der Waals surface area contributed by atoms with Gasteiger partial charge in [0, 0.05) is 32.3 Å². The van der Waals surface area contributed by atoms with Gasteiger partial charge in [0.2, 0.25) is 5.91 Å². The number of hydrazone groups is 1. The zero-order chi connectivity index (χ0) is 23.8. The first-order valence-corrected chi connectivity index (χ1v) is 10.2. The smallest absolute Gasteiger partial charge is 0.251 e. The van der Waals surface area contributed by atoms with E-state index in [1.165, 1.54) is 11.1 Å². The molecule has 2 amide bonds. The summed E-state index contributed by atoms with van der Waals surface area (Å²) in [6, 6.07) is 19.1. The van der Waals surface area contributed by atoms with Crippen molar-refractivity contribution in [1.82, 2.24) is 15.2 Å². The van der Waals surface area contributed by atoms with Gasteiger partial charge >= 0.3 is 0 Å². The van der Waals surface area contributed by atoms with E-state index < -0.39 is 6.04 Å². The molecule has 8 heteroatoms. The first kappa shape index (κ1) is 23.2. The molecule has 0 bridgehead atoms. The first-order chi connectivity index (χ1) is 15.9. The number of hydrogen-bond acceptors (Lipinski definition) is 6. The van der Waals surface area contributed by atoms with Gasteiger partial charge < -0.3 is 16.1 Å². The molecule has 2 aromatic carbocycles. The normalized spacial score (nSPS) is 11.5. The van der Waals surface area contributed by atoms with Crippen molar-refractivity contribution in [3.63, 3.8) is 0 Å². The van der Waals surface area contributed by atoms with Gasteiger partial charge in [-0.05, 0) is 47.0 Å². The van der Waals surface area contributed by atoms with Crippen LogP contribution in [0.3, 0.4) is 0 Å². The number of rotatable bonds is 7. The maximum atomic E-state index is 12.9. The number of aromatic nitrogens is 1. The Balaban J connectivity index is 1.80. The van der Waals surface area contributed by atoms with Crippen LogP contribution in [0.25, 0.3) is 11.1 Å². The van der Waals surface area contributed by atoms with Crippen molar-refractivity contribution in [2.75, 3.05) is 14.1 Å². The van der Waals surface area contributed by atoms with Crippen molar-refractivity contribution in [3.05, 3.63) is 89.2 Å². The minimum atomic E-state index is -0.767. The summed E-state index contributed by atoms with van der Waals surface area (Å²) in [5.74, 6) is 4.59. The highest BCUT2D eigenvalue weighted by molar-refractivity contribution is 5.98. The quantitative estimate of drug-likeness (QED) is 0.331. The Morgan fingerprint density at radius 1 is 1.18 bits per heavy atom. The molecule has 0 saturated heterocycles. The van der Waals surface area contributed by atoms with E-state index in [1.54, 1.807) is 68.8 Å². The SMILES string of the molecule is CN(C)C(=O)[C@H](Cc1ccnc(C=NN)c1)NC(=O)c1ccc(-c2ccccc2C#N)cc1. The maximum absolute atomic E-state index is 12.9. The van der Waals surface area contributed by atoms with Crippen LogP contribution in [0.4, 0.5) is 0 Å². The van der Waals surface area contributed by atoms with Crippen LogP contribution in [0.2, 0.25) is 0 Å². The summed E-state index contributed by atoms with van der Waals surface area (Å²) in [7, 11) is 3.28. The van der Waals surface area contributed by atoms with Crippen LogP contribution < -0.4 is 11.2 Å². The van der Waals surface area contributed by atoms with Crippen LogP contribution in [-0.2, 0) is 11.2 Å². The van der Waals surface area contributed by atoms with E-state index in [9.17, 15) is 14.9 Å². The van der Waals surface area contributed by atoms with Crippen LogP contribution in [0.15, 0.2) is 72.0 Å². The predicted octanol–water partition coefficient (Wildman–Crippen LogP) is 2.34. The molecule has 0 aliphatic heterocycles. The van der Waals surface area contributed by atoms with Crippen molar-refractivity contribution >= 4 is 18.0 Å². The molecule has 0 aliphatic rings. The van der Waals surface area contributed by atoms with Crippen LogP contribution in [0.5, 0.6) is 0 Å². The summed E-state index contributed by atoms with van der Waals surface area (Å²) >= 11 is 0. The average molecular weight is 441 g/mol. The molecule has 1 aromatic heterocycles. The van der Waals surface area contributed by atoms with Gasteiger partial charge in [-0.1, -0.05) is 30.3 Å². The molecule has 1 heterocycles. The molecule has 0 aliphatic carbocycles. The van der Waals surface area contributed by atoms with Crippen molar-refractivity contribution < 1.29 is 9.59 Å². The Morgan fingerprint density at radius 3 is 2.58 bits per heavy atom. The highest BCUT2D eigenvalue weighted by Gasteiger charge is 2.23. The zero-order valence-corrected chi connectivity index (χ0v) is 18.4. The van der Waals surface area contributed by atoms with E-state index in [0.29, 0.717) is 16.8 Å². The Bertz CT molecular complexity index is 1210. The summed E-state index contributed by atoms with van der Waals surface area (Å²) in [4.78, 5) is 31.3. The highest BCUT2D eigenvalue weighted by atomic mass is 16.2. The molecule has 0 unspecified atom stereocenters. The third-order valence-electron chi connectivity index (χ3n) is 5.04. The van der Waals surface area contributed by atoms with Crippen LogP contribution >= 0.6 is 0 Å². The third-order valence-corrected chi connectivity index (χ3v) is 5.04. The van der Waals surface area contributed by atoms with Gasteiger partial charge in [0.25, 0.3) is 5.91 Å². The number of carbonyl (C=O) groups is 2. The lowest BCUT2D eigenvalue weighted by atomic mass is 9.99. The Hall–Kier alpha value is -4.51. The standard InChI is InChI=1S/C25H24N6O2/c1-31(2)25(33)23(14-17-11-12-28-21(13-17)16-29-27)30-24(32)19-9-7-18(8-10-19)22-6-4-3-5-20(22)15-26/h3-13,16,23H,14,27H2,1-2H3,(H,30,32)/t23-/m0/s1. The molecule has 3 aromatic rings. The zero-order valence-electron chi connectivity index (χ0n) is 18.4. The second-order valence-corrected chi connectivity index (χ2v) is 7.56. The molecule has 3 N–H and O–H groups in total. The van der Waals surface area contributed by atoms with Crippen LogP contribution in [-0.4, -0.2) is 48.1 Å². The Labute approximate surface area is 192 Å². The molecule has 8 nitrogen and oxygen atoms in total. The van der Waals surface area contributed by atoms with E-state index in [-0.39, 0.29) is 18.2 Å². The van der Waals surface area contributed by atoms with Gasteiger partial charge in [-0.3, -0.25) is 14.6 Å². The minimum absolute atomic E-state index is 0.228. The fourth-order valence-electron chi connectivity index (χ4n) is 3.39. The number of hydrogen-bond donors (Lipinski definition) is 2. The van der Waals surface area contributed by atoms with Crippen LogP contribution in [0.1, 0.15) is 27.2 Å². The Kier molecular flexibility index (Phi) is 7.50. The molecule has 33 heavy (non-hydrogen) atoms. The van der Waals surface area contributed by atoms with Crippen molar-refractivity contribution in [3.8, 4) is 17.2 Å². The molecule has 0 radical (unpaired) electrons. The number of nitrogens with two attached hydrogens (primary N) is 1. The second-order valence-electron chi connectivity index (χ2n) is 7.56. The van der Waals surface area contributed by atoms with E-state index in [0.717, 1.165) is 16.7 Å². The lowest BCUT2D eigenvalue weighted by molar-refractivity contribution is -0.130. The van der Waals surface area contributed by atoms with E-state index in [4.69, 9.17) is 5.84 Å². The predicted molar refractivity (Wildman–Crippen MR) is 126 cm³/mol. The van der Waals surface area contributed by atoms with Gasteiger partial charge in [-0.15, -0.1) is 0 Å². The van der Waals surface area contributed by atoms with E-state index in [2.05, 4.69) is 21.5 Å².